The van der Waals surface area contributed by atoms with E-state index in [1.54, 1.807) is 0 Å². The van der Waals surface area contributed by atoms with Crippen LogP contribution in [0, 0.1) is 23.7 Å². The Morgan fingerprint density at radius 3 is 2.31 bits per heavy atom. The van der Waals surface area contributed by atoms with Gasteiger partial charge in [0.15, 0.2) is 0 Å². The van der Waals surface area contributed by atoms with Gasteiger partial charge in [-0.15, -0.1) is 0 Å². The highest BCUT2D eigenvalue weighted by Crippen LogP contribution is 2.49. The summed E-state index contributed by atoms with van der Waals surface area (Å²) in [5, 5.41) is 15.1. The first-order valence-electron chi connectivity index (χ1n) is 12.5. The van der Waals surface area contributed by atoms with Gasteiger partial charge in [0.25, 0.3) is 0 Å². The number of carboxylic acids is 1. The van der Waals surface area contributed by atoms with Crippen LogP contribution >= 0.6 is 0 Å². The SMILES string of the molecule is CC(CNC(=O)OCC1c2ccccc2-c2ccccc21)CC(=O)N[C@@H]1C[C@@H]2CC(C(=O)O)C[C@@H]21. The summed E-state index contributed by atoms with van der Waals surface area (Å²) in [5.41, 5.74) is 4.71. The smallest absolute Gasteiger partial charge is 0.407 e. The molecule has 2 aromatic carbocycles. The van der Waals surface area contributed by atoms with E-state index >= 15 is 0 Å². The van der Waals surface area contributed by atoms with E-state index in [1.807, 2.05) is 31.2 Å². The number of aliphatic carboxylic acids is 1. The van der Waals surface area contributed by atoms with Crippen molar-refractivity contribution in [2.24, 2.45) is 23.7 Å². The number of rotatable bonds is 8. The van der Waals surface area contributed by atoms with E-state index < -0.39 is 12.1 Å². The van der Waals surface area contributed by atoms with Gasteiger partial charge in [0.1, 0.15) is 6.61 Å². The van der Waals surface area contributed by atoms with Crippen LogP contribution in [-0.4, -0.2) is 42.3 Å². The van der Waals surface area contributed by atoms with Gasteiger partial charge in [0, 0.05) is 24.9 Å². The van der Waals surface area contributed by atoms with Crippen molar-refractivity contribution in [3.05, 3.63) is 59.7 Å². The molecule has 35 heavy (non-hydrogen) atoms. The number of hydrogen-bond donors (Lipinski definition) is 3. The highest BCUT2D eigenvalue weighted by molar-refractivity contribution is 5.79. The van der Waals surface area contributed by atoms with E-state index in [-0.39, 0.29) is 42.2 Å². The third-order valence-electron chi connectivity index (χ3n) is 7.99. The third kappa shape index (κ3) is 4.77. The summed E-state index contributed by atoms with van der Waals surface area (Å²) in [4.78, 5) is 36.1. The molecule has 3 aliphatic carbocycles. The van der Waals surface area contributed by atoms with Crippen LogP contribution in [-0.2, 0) is 14.3 Å². The van der Waals surface area contributed by atoms with E-state index in [4.69, 9.17) is 4.74 Å². The lowest BCUT2D eigenvalue weighted by atomic mass is 9.71. The summed E-state index contributed by atoms with van der Waals surface area (Å²) in [6.45, 7) is 2.53. The molecule has 0 radical (unpaired) electrons. The topological polar surface area (TPSA) is 105 Å². The van der Waals surface area contributed by atoms with Gasteiger partial charge < -0.3 is 20.5 Å². The molecule has 2 aromatic rings. The molecule has 7 nitrogen and oxygen atoms in total. The summed E-state index contributed by atoms with van der Waals surface area (Å²) in [7, 11) is 0. The zero-order valence-corrected chi connectivity index (χ0v) is 19.9. The van der Waals surface area contributed by atoms with Crippen molar-refractivity contribution in [1.82, 2.24) is 10.6 Å². The fraction of sp³-hybridized carbons (Fsp3) is 0.464. The fourth-order valence-electron chi connectivity index (χ4n) is 6.16. The van der Waals surface area contributed by atoms with Crippen molar-refractivity contribution < 1.29 is 24.2 Å². The standard InChI is InChI=1S/C28H32N2O5/c1-16(10-26(31)30-25-13-17-11-18(27(32)33)12-23(17)25)14-29-28(34)35-15-24-21-8-4-2-6-19(21)20-7-3-5-9-22(20)24/h2-9,16-18,23-25H,10-15H2,1H3,(H,29,34)(H,30,31)(H,32,33)/t16?,17-,18?,23-,25+/m0/s1. The van der Waals surface area contributed by atoms with Crippen LogP contribution in [0.3, 0.4) is 0 Å². The van der Waals surface area contributed by atoms with Crippen LogP contribution in [0.4, 0.5) is 4.79 Å². The van der Waals surface area contributed by atoms with Crippen LogP contribution in [0.5, 0.6) is 0 Å². The van der Waals surface area contributed by atoms with E-state index in [0.29, 0.717) is 25.3 Å². The molecular formula is C28H32N2O5. The lowest BCUT2D eigenvalue weighted by Crippen LogP contribution is -2.50. The maximum absolute atomic E-state index is 12.5. The number of alkyl carbamates (subject to hydrolysis) is 1. The largest absolute Gasteiger partial charge is 0.481 e. The Balaban J connectivity index is 1.05. The van der Waals surface area contributed by atoms with Crippen molar-refractivity contribution in [2.75, 3.05) is 13.2 Å². The molecule has 0 aromatic heterocycles. The number of carbonyl (C=O) groups excluding carboxylic acids is 2. The predicted molar refractivity (Wildman–Crippen MR) is 131 cm³/mol. The van der Waals surface area contributed by atoms with Crippen molar-refractivity contribution >= 4 is 18.0 Å². The van der Waals surface area contributed by atoms with Gasteiger partial charge in [0.2, 0.25) is 5.91 Å². The minimum absolute atomic E-state index is 0.0129. The zero-order valence-electron chi connectivity index (χ0n) is 19.9. The molecule has 0 heterocycles. The molecule has 184 valence electrons. The summed E-state index contributed by atoms with van der Waals surface area (Å²) in [6, 6.07) is 16.5. The first-order valence-corrected chi connectivity index (χ1v) is 12.5. The molecule has 3 N–H and O–H groups in total. The lowest BCUT2D eigenvalue weighted by Gasteiger charge is -2.41. The molecule has 5 atom stereocenters. The minimum Gasteiger partial charge on any atom is -0.481 e. The Morgan fingerprint density at radius 1 is 1.00 bits per heavy atom. The monoisotopic (exact) mass is 476 g/mol. The van der Waals surface area contributed by atoms with Crippen LogP contribution in [0.1, 0.15) is 49.7 Å². The number of fused-ring (bicyclic) bond motifs is 4. The summed E-state index contributed by atoms with van der Waals surface area (Å²) >= 11 is 0. The van der Waals surface area contributed by atoms with Gasteiger partial charge in [-0.25, -0.2) is 4.79 Å². The molecule has 0 saturated heterocycles. The van der Waals surface area contributed by atoms with E-state index in [2.05, 4.69) is 34.9 Å². The number of amides is 2. The molecule has 0 bridgehead atoms. The second-order valence-corrected chi connectivity index (χ2v) is 10.4. The Hall–Kier alpha value is -3.35. The molecule has 0 aliphatic heterocycles. The first kappa shape index (κ1) is 23.4. The fourth-order valence-corrected chi connectivity index (χ4v) is 6.16. The number of carbonyl (C=O) groups is 3. The van der Waals surface area contributed by atoms with Crippen molar-refractivity contribution in [2.45, 2.75) is 44.6 Å². The molecular weight excluding hydrogens is 444 g/mol. The number of benzene rings is 2. The van der Waals surface area contributed by atoms with E-state index in [0.717, 1.165) is 12.8 Å². The first-order chi connectivity index (χ1) is 16.9. The van der Waals surface area contributed by atoms with Gasteiger partial charge in [-0.3, -0.25) is 9.59 Å². The van der Waals surface area contributed by atoms with Crippen molar-refractivity contribution in [3.8, 4) is 11.1 Å². The van der Waals surface area contributed by atoms with Gasteiger partial charge in [-0.1, -0.05) is 55.5 Å². The van der Waals surface area contributed by atoms with Gasteiger partial charge in [-0.2, -0.15) is 0 Å². The molecule has 0 spiro atoms. The summed E-state index contributed by atoms with van der Waals surface area (Å²) in [6.07, 6.45) is 2.08. The molecule has 7 heteroatoms. The third-order valence-corrected chi connectivity index (χ3v) is 7.99. The molecule has 3 aliphatic rings. The minimum atomic E-state index is -0.725. The molecule has 2 saturated carbocycles. The second-order valence-electron chi connectivity index (χ2n) is 10.4. The van der Waals surface area contributed by atoms with E-state index in [9.17, 15) is 19.5 Å². The average molecular weight is 477 g/mol. The Bertz CT molecular complexity index is 1090. The Kier molecular flexibility index (Phi) is 6.50. The zero-order chi connectivity index (χ0) is 24.5. The molecule has 2 amide bonds. The second kappa shape index (κ2) is 9.72. The maximum atomic E-state index is 12.5. The Morgan fingerprint density at radius 2 is 1.66 bits per heavy atom. The van der Waals surface area contributed by atoms with Gasteiger partial charge >= 0.3 is 12.1 Å². The van der Waals surface area contributed by atoms with Crippen LogP contribution < -0.4 is 10.6 Å². The van der Waals surface area contributed by atoms with Crippen LogP contribution in [0.2, 0.25) is 0 Å². The van der Waals surface area contributed by atoms with Gasteiger partial charge in [0.05, 0.1) is 5.92 Å². The summed E-state index contributed by atoms with van der Waals surface area (Å²) in [5.74, 6) is -0.359. The number of carboxylic acid groups (broad SMARTS) is 1. The van der Waals surface area contributed by atoms with Crippen molar-refractivity contribution in [1.29, 1.82) is 0 Å². The normalized spacial score (nSPS) is 24.9. The maximum Gasteiger partial charge on any atom is 0.407 e. The summed E-state index contributed by atoms with van der Waals surface area (Å²) < 4.78 is 5.56. The average Bonchev–Trinajstić information content (AvgIpc) is 3.35. The van der Waals surface area contributed by atoms with Crippen LogP contribution in [0.15, 0.2) is 48.5 Å². The van der Waals surface area contributed by atoms with Gasteiger partial charge in [-0.05, 0) is 59.3 Å². The Labute approximate surface area is 205 Å². The molecule has 2 fully saturated rings. The van der Waals surface area contributed by atoms with Crippen molar-refractivity contribution in [3.63, 3.8) is 0 Å². The molecule has 2 unspecified atom stereocenters. The predicted octanol–water partition coefficient (Wildman–Crippen LogP) is 4.17. The highest BCUT2D eigenvalue weighted by Gasteiger charge is 2.49. The quantitative estimate of drug-likeness (QED) is 0.531. The molecule has 5 rings (SSSR count). The number of nitrogens with one attached hydrogen (secondary N) is 2. The van der Waals surface area contributed by atoms with Crippen LogP contribution in [0.25, 0.3) is 11.1 Å². The number of hydrogen-bond acceptors (Lipinski definition) is 4. The highest BCUT2D eigenvalue weighted by atomic mass is 16.5. The lowest BCUT2D eigenvalue weighted by molar-refractivity contribution is -0.141. The number of ether oxygens (including phenoxy) is 1. The van der Waals surface area contributed by atoms with E-state index in [1.165, 1.54) is 22.3 Å².